The zero-order chi connectivity index (χ0) is 14.1. The standard InChI is InChI=1S/C13H10ClN3OS2/c1-8-6-11(18)17-12(15-8)20-13(16-17)19-7-9-2-4-10(14)5-3-9/h2-6H,7H2,1H3. The minimum absolute atomic E-state index is 0.137. The molecule has 0 aliphatic heterocycles. The van der Waals surface area contributed by atoms with Gasteiger partial charge in [-0.05, 0) is 24.6 Å². The van der Waals surface area contributed by atoms with Crippen molar-refractivity contribution in [2.45, 2.75) is 17.0 Å². The van der Waals surface area contributed by atoms with E-state index in [1.807, 2.05) is 31.2 Å². The first kappa shape index (κ1) is 13.6. The molecular weight excluding hydrogens is 314 g/mol. The van der Waals surface area contributed by atoms with Gasteiger partial charge in [0.05, 0.1) is 0 Å². The lowest BCUT2D eigenvalue weighted by Crippen LogP contribution is -2.14. The summed E-state index contributed by atoms with van der Waals surface area (Å²) in [5.41, 5.74) is 1.74. The summed E-state index contributed by atoms with van der Waals surface area (Å²) in [6.45, 7) is 1.81. The van der Waals surface area contributed by atoms with Gasteiger partial charge in [0, 0.05) is 22.5 Å². The van der Waals surface area contributed by atoms with E-state index >= 15 is 0 Å². The van der Waals surface area contributed by atoms with Crippen molar-refractivity contribution in [3.05, 3.63) is 57.0 Å². The fraction of sp³-hybridized carbons (Fsp3) is 0.154. The van der Waals surface area contributed by atoms with Crippen LogP contribution in [0, 0.1) is 6.92 Å². The molecule has 2 aromatic heterocycles. The number of thioether (sulfide) groups is 1. The first-order valence-electron chi connectivity index (χ1n) is 5.86. The quantitative estimate of drug-likeness (QED) is 0.693. The molecule has 20 heavy (non-hydrogen) atoms. The van der Waals surface area contributed by atoms with Crippen LogP contribution in [0.2, 0.25) is 5.02 Å². The highest BCUT2D eigenvalue weighted by molar-refractivity contribution is 8.00. The summed E-state index contributed by atoms with van der Waals surface area (Å²) in [5.74, 6) is 0.782. The van der Waals surface area contributed by atoms with Crippen LogP contribution >= 0.6 is 34.7 Å². The predicted octanol–water partition coefficient (Wildman–Crippen LogP) is 3.41. The lowest BCUT2D eigenvalue weighted by Gasteiger charge is -1.98. The van der Waals surface area contributed by atoms with Crippen LogP contribution in [0.4, 0.5) is 0 Å². The third kappa shape index (κ3) is 2.87. The van der Waals surface area contributed by atoms with Crippen LogP contribution in [0.15, 0.2) is 39.5 Å². The highest BCUT2D eigenvalue weighted by Crippen LogP contribution is 2.27. The Hall–Kier alpha value is -1.37. The highest BCUT2D eigenvalue weighted by atomic mass is 35.5. The highest BCUT2D eigenvalue weighted by Gasteiger charge is 2.08. The Labute approximate surface area is 128 Å². The van der Waals surface area contributed by atoms with Gasteiger partial charge in [0.1, 0.15) is 0 Å². The van der Waals surface area contributed by atoms with Crippen molar-refractivity contribution in [1.82, 2.24) is 14.6 Å². The van der Waals surface area contributed by atoms with Crippen molar-refractivity contribution < 1.29 is 0 Å². The van der Waals surface area contributed by atoms with Crippen LogP contribution in [0.1, 0.15) is 11.3 Å². The van der Waals surface area contributed by atoms with Crippen molar-refractivity contribution in [3.63, 3.8) is 0 Å². The molecule has 0 atom stereocenters. The van der Waals surface area contributed by atoms with E-state index in [4.69, 9.17) is 11.6 Å². The third-order valence-corrected chi connectivity index (χ3v) is 4.99. The average molecular weight is 324 g/mol. The molecule has 0 saturated carbocycles. The molecular formula is C13H10ClN3OS2. The molecule has 0 aliphatic carbocycles. The summed E-state index contributed by atoms with van der Waals surface area (Å²) < 4.78 is 2.18. The van der Waals surface area contributed by atoms with Crippen LogP contribution < -0.4 is 5.56 Å². The summed E-state index contributed by atoms with van der Waals surface area (Å²) >= 11 is 8.86. The van der Waals surface area contributed by atoms with E-state index in [1.54, 1.807) is 11.8 Å². The number of benzene rings is 1. The maximum absolute atomic E-state index is 11.8. The average Bonchev–Trinajstić information content (AvgIpc) is 2.81. The molecule has 0 fully saturated rings. The van der Waals surface area contributed by atoms with E-state index in [9.17, 15) is 4.79 Å². The maximum Gasteiger partial charge on any atom is 0.275 e. The number of halogens is 1. The van der Waals surface area contributed by atoms with Gasteiger partial charge in [-0.1, -0.05) is 46.8 Å². The topological polar surface area (TPSA) is 47.3 Å². The molecule has 1 aromatic carbocycles. The summed E-state index contributed by atoms with van der Waals surface area (Å²) in [6, 6.07) is 9.19. The van der Waals surface area contributed by atoms with Crippen molar-refractivity contribution in [2.75, 3.05) is 0 Å². The summed E-state index contributed by atoms with van der Waals surface area (Å²) in [4.78, 5) is 16.7. The van der Waals surface area contributed by atoms with Gasteiger partial charge in [0.15, 0.2) is 4.34 Å². The van der Waals surface area contributed by atoms with Gasteiger partial charge >= 0.3 is 0 Å². The van der Waals surface area contributed by atoms with Crippen LogP contribution in [0.5, 0.6) is 0 Å². The van der Waals surface area contributed by atoms with Gasteiger partial charge in [-0.25, -0.2) is 4.98 Å². The SMILES string of the molecule is Cc1cc(=O)n2nc(SCc3ccc(Cl)cc3)sc2n1. The van der Waals surface area contributed by atoms with Crippen molar-refractivity contribution >= 4 is 39.7 Å². The Morgan fingerprint density at radius 3 is 2.85 bits per heavy atom. The van der Waals surface area contributed by atoms with Gasteiger partial charge < -0.3 is 0 Å². The van der Waals surface area contributed by atoms with E-state index in [-0.39, 0.29) is 5.56 Å². The van der Waals surface area contributed by atoms with Gasteiger partial charge in [-0.3, -0.25) is 4.79 Å². The third-order valence-electron chi connectivity index (χ3n) is 2.63. The number of fused-ring (bicyclic) bond motifs is 1. The van der Waals surface area contributed by atoms with E-state index in [2.05, 4.69) is 10.1 Å². The van der Waals surface area contributed by atoms with Gasteiger partial charge in [0.2, 0.25) is 4.96 Å². The van der Waals surface area contributed by atoms with E-state index < -0.39 is 0 Å². The van der Waals surface area contributed by atoms with Gasteiger partial charge in [0.25, 0.3) is 5.56 Å². The van der Waals surface area contributed by atoms with Crippen LogP contribution in [0.3, 0.4) is 0 Å². The van der Waals surface area contributed by atoms with E-state index in [1.165, 1.54) is 21.9 Å². The summed E-state index contributed by atoms with van der Waals surface area (Å²) in [5, 5.41) is 5.01. The molecule has 0 N–H and O–H groups in total. The molecule has 0 unspecified atom stereocenters. The Kier molecular flexibility index (Phi) is 3.78. The van der Waals surface area contributed by atoms with Crippen molar-refractivity contribution in [3.8, 4) is 0 Å². The lowest BCUT2D eigenvalue weighted by molar-refractivity contribution is 0.851. The van der Waals surface area contributed by atoms with Gasteiger partial charge in [-0.15, -0.1) is 5.10 Å². The van der Waals surface area contributed by atoms with Crippen LogP contribution in [-0.2, 0) is 5.75 Å². The summed E-state index contributed by atoms with van der Waals surface area (Å²) in [7, 11) is 0. The Morgan fingerprint density at radius 1 is 1.35 bits per heavy atom. The molecule has 3 rings (SSSR count). The first-order chi connectivity index (χ1) is 9.61. The molecule has 0 aliphatic rings. The minimum atomic E-state index is -0.137. The molecule has 0 radical (unpaired) electrons. The maximum atomic E-state index is 11.8. The minimum Gasteiger partial charge on any atom is -0.267 e. The van der Waals surface area contributed by atoms with Crippen molar-refractivity contribution in [1.29, 1.82) is 0 Å². The second-order valence-corrected chi connectivity index (χ2v) is 6.83. The zero-order valence-corrected chi connectivity index (χ0v) is 12.9. The number of nitrogens with zero attached hydrogens (tertiary/aromatic N) is 3. The molecule has 0 saturated heterocycles. The monoisotopic (exact) mass is 323 g/mol. The molecule has 0 spiro atoms. The molecule has 102 valence electrons. The fourth-order valence-electron chi connectivity index (χ4n) is 1.69. The smallest absolute Gasteiger partial charge is 0.267 e. The largest absolute Gasteiger partial charge is 0.275 e. The Bertz CT molecular complexity index is 811. The molecule has 2 heterocycles. The number of aromatic nitrogens is 3. The Morgan fingerprint density at radius 2 is 2.10 bits per heavy atom. The predicted molar refractivity (Wildman–Crippen MR) is 82.9 cm³/mol. The van der Waals surface area contributed by atoms with Crippen LogP contribution in [0.25, 0.3) is 4.96 Å². The molecule has 4 nitrogen and oxygen atoms in total. The lowest BCUT2D eigenvalue weighted by atomic mass is 10.2. The second kappa shape index (κ2) is 5.55. The molecule has 7 heteroatoms. The second-order valence-electron chi connectivity index (χ2n) is 4.21. The first-order valence-corrected chi connectivity index (χ1v) is 8.04. The van der Waals surface area contributed by atoms with E-state index in [0.717, 1.165) is 20.7 Å². The Balaban J connectivity index is 1.83. The normalized spacial score (nSPS) is 11.1. The summed E-state index contributed by atoms with van der Waals surface area (Å²) in [6.07, 6.45) is 0. The van der Waals surface area contributed by atoms with E-state index in [0.29, 0.717) is 10.7 Å². The van der Waals surface area contributed by atoms with Gasteiger partial charge in [-0.2, -0.15) is 4.52 Å². The number of hydrogen-bond acceptors (Lipinski definition) is 5. The number of hydrogen-bond donors (Lipinski definition) is 0. The molecule has 0 bridgehead atoms. The molecule has 3 aromatic rings. The van der Waals surface area contributed by atoms with Crippen LogP contribution in [-0.4, -0.2) is 14.6 Å². The molecule has 0 amide bonds. The fourth-order valence-corrected chi connectivity index (χ4v) is 3.76. The number of aryl methyl sites for hydroxylation is 1. The van der Waals surface area contributed by atoms with Crippen molar-refractivity contribution in [2.24, 2.45) is 0 Å². The zero-order valence-electron chi connectivity index (χ0n) is 10.5. The number of rotatable bonds is 3.